The van der Waals surface area contributed by atoms with Crippen molar-refractivity contribution in [1.29, 1.82) is 0 Å². The molecule has 2 aliphatic rings. The molecule has 0 radical (unpaired) electrons. The van der Waals surface area contributed by atoms with Gasteiger partial charge in [-0.3, -0.25) is 9.48 Å². The lowest BCUT2D eigenvalue weighted by molar-refractivity contribution is -0.143. The Morgan fingerprint density at radius 2 is 2.17 bits per heavy atom. The molecule has 0 saturated carbocycles. The van der Waals surface area contributed by atoms with Gasteiger partial charge in [0.15, 0.2) is 0 Å². The number of likely N-dealkylation sites (tertiary alicyclic amines) is 1. The topological polar surface area (TPSA) is 81.8 Å². The van der Waals surface area contributed by atoms with Gasteiger partial charge in [-0.25, -0.2) is 0 Å². The third-order valence-electron chi connectivity index (χ3n) is 5.07. The summed E-state index contributed by atoms with van der Waals surface area (Å²) in [6, 6.07) is 0. The SMILES string of the molecule is CCn1nc(CO)c2c1CCN(C(=O)[C@@H]1CN(C)CC[C@H]1O)C2. The standard InChI is InChI=1S/C16H26N4O3/c1-3-20-14-4-7-19(9-11(14)13(10-21)17-20)16(23)12-8-18(2)6-5-15(12)22/h12,15,21-22H,3-10H2,1-2H3/t12-,15-/m1/s1. The van der Waals surface area contributed by atoms with Crippen molar-refractivity contribution in [3.05, 3.63) is 17.0 Å². The van der Waals surface area contributed by atoms with Crippen LogP contribution in [-0.4, -0.2) is 68.5 Å². The van der Waals surface area contributed by atoms with Crippen molar-refractivity contribution in [1.82, 2.24) is 19.6 Å². The van der Waals surface area contributed by atoms with Crippen LogP contribution in [0.4, 0.5) is 0 Å². The summed E-state index contributed by atoms with van der Waals surface area (Å²) in [5, 5.41) is 24.2. The fourth-order valence-corrected chi connectivity index (χ4v) is 3.72. The Morgan fingerprint density at radius 3 is 2.87 bits per heavy atom. The lowest BCUT2D eigenvalue weighted by Crippen LogP contribution is -2.51. The summed E-state index contributed by atoms with van der Waals surface area (Å²) in [7, 11) is 1.98. The molecule has 1 amide bonds. The molecule has 1 fully saturated rings. The van der Waals surface area contributed by atoms with Crippen molar-refractivity contribution < 1.29 is 15.0 Å². The molecule has 2 atom stereocenters. The van der Waals surface area contributed by atoms with E-state index in [1.807, 2.05) is 23.6 Å². The Labute approximate surface area is 136 Å². The molecule has 3 rings (SSSR count). The minimum atomic E-state index is -0.559. The molecule has 1 saturated heterocycles. The average molecular weight is 322 g/mol. The maximum absolute atomic E-state index is 12.8. The van der Waals surface area contributed by atoms with E-state index in [0.29, 0.717) is 31.7 Å². The molecule has 1 aromatic heterocycles. The fourth-order valence-electron chi connectivity index (χ4n) is 3.72. The second kappa shape index (κ2) is 6.59. The zero-order valence-corrected chi connectivity index (χ0v) is 13.9. The van der Waals surface area contributed by atoms with Crippen LogP contribution in [-0.2, 0) is 30.9 Å². The summed E-state index contributed by atoms with van der Waals surface area (Å²) in [6.07, 6.45) is 0.832. The van der Waals surface area contributed by atoms with Crippen LogP contribution in [0.15, 0.2) is 0 Å². The van der Waals surface area contributed by atoms with Gasteiger partial charge in [0.05, 0.1) is 24.3 Å². The molecule has 3 heterocycles. The van der Waals surface area contributed by atoms with Crippen LogP contribution in [0.3, 0.4) is 0 Å². The predicted molar refractivity (Wildman–Crippen MR) is 84.6 cm³/mol. The fraction of sp³-hybridized carbons (Fsp3) is 0.750. The van der Waals surface area contributed by atoms with E-state index in [2.05, 4.69) is 10.00 Å². The Balaban J connectivity index is 1.78. The number of aryl methyl sites for hydroxylation is 1. The van der Waals surface area contributed by atoms with Crippen molar-refractivity contribution in [2.24, 2.45) is 5.92 Å². The van der Waals surface area contributed by atoms with Gasteiger partial charge in [0.2, 0.25) is 5.91 Å². The van der Waals surface area contributed by atoms with Crippen LogP contribution < -0.4 is 0 Å². The smallest absolute Gasteiger partial charge is 0.229 e. The van der Waals surface area contributed by atoms with Crippen molar-refractivity contribution in [3.63, 3.8) is 0 Å². The van der Waals surface area contributed by atoms with E-state index in [1.54, 1.807) is 0 Å². The van der Waals surface area contributed by atoms with E-state index in [4.69, 9.17) is 0 Å². The molecule has 7 nitrogen and oxygen atoms in total. The Bertz CT molecular complexity index is 586. The van der Waals surface area contributed by atoms with E-state index in [-0.39, 0.29) is 18.4 Å². The van der Waals surface area contributed by atoms with Crippen molar-refractivity contribution in [2.45, 2.75) is 45.6 Å². The summed E-state index contributed by atoms with van der Waals surface area (Å²) in [5.74, 6) is -0.336. The summed E-state index contributed by atoms with van der Waals surface area (Å²) >= 11 is 0. The van der Waals surface area contributed by atoms with Gasteiger partial charge in [-0.05, 0) is 20.4 Å². The van der Waals surface area contributed by atoms with Crippen LogP contribution in [0.25, 0.3) is 0 Å². The van der Waals surface area contributed by atoms with Gasteiger partial charge in [-0.1, -0.05) is 0 Å². The van der Waals surface area contributed by atoms with Gasteiger partial charge in [-0.2, -0.15) is 5.10 Å². The molecule has 128 valence electrons. The molecular formula is C16H26N4O3. The monoisotopic (exact) mass is 322 g/mol. The summed E-state index contributed by atoms with van der Waals surface area (Å²) in [6.45, 7) is 5.25. The second-order valence-electron chi connectivity index (χ2n) is 6.58. The lowest BCUT2D eigenvalue weighted by Gasteiger charge is -2.37. The first kappa shape index (κ1) is 16.4. The van der Waals surface area contributed by atoms with Crippen molar-refractivity contribution in [3.8, 4) is 0 Å². The summed E-state index contributed by atoms with van der Waals surface area (Å²) in [4.78, 5) is 16.8. The van der Waals surface area contributed by atoms with E-state index in [9.17, 15) is 15.0 Å². The van der Waals surface area contributed by atoms with E-state index in [0.717, 1.165) is 30.8 Å². The highest BCUT2D eigenvalue weighted by Gasteiger charge is 2.36. The number of carbonyl (C=O) groups excluding carboxylic acids is 1. The number of amides is 1. The quantitative estimate of drug-likeness (QED) is 0.791. The number of hydrogen-bond donors (Lipinski definition) is 2. The number of aliphatic hydroxyl groups is 2. The minimum absolute atomic E-state index is 0.0165. The highest BCUT2D eigenvalue weighted by atomic mass is 16.3. The van der Waals surface area contributed by atoms with Crippen LogP contribution in [0.5, 0.6) is 0 Å². The highest BCUT2D eigenvalue weighted by molar-refractivity contribution is 5.80. The van der Waals surface area contributed by atoms with E-state index < -0.39 is 6.10 Å². The predicted octanol–water partition coefficient (Wildman–Crippen LogP) is -0.407. The molecule has 0 aliphatic carbocycles. The zero-order valence-electron chi connectivity index (χ0n) is 13.9. The van der Waals surface area contributed by atoms with Crippen molar-refractivity contribution >= 4 is 5.91 Å². The van der Waals surface area contributed by atoms with Gasteiger partial charge < -0.3 is 20.0 Å². The second-order valence-corrected chi connectivity index (χ2v) is 6.58. The molecule has 0 spiro atoms. The Kier molecular flexibility index (Phi) is 4.70. The normalized spacial score (nSPS) is 25.5. The Morgan fingerprint density at radius 1 is 1.39 bits per heavy atom. The van der Waals surface area contributed by atoms with E-state index >= 15 is 0 Å². The van der Waals surface area contributed by atoms with Crippen LogP contribution >= 0.6 is 0 Å². The maximum atomic E-state index is 12.8. The molecule has 1 aromatic rings. The van der Waals surface area contributed by atoms with Gasteiger partial charge in [0.25, 0.3) is 0 Å². The minimum Gasteiger partial charge on any atom is -0.392 e. The van der Waals surface area contributed by atoms with Crippen LogP contribution in [0.1, 0.15) is 30.3 Å². The number of piperidine rings is 1. The number of aliphatic hydroxyl groups excluding tert-OH is 2. The molecule has 23 heavy (non-hydrogen) atoms. The number of nitrogens with zero attached hydrogens (tertiary/aromatic N) is 4. The van der Waals surface area contributed by atoms with Crippen LogP contribution in [0.2, 0.25) is 0 Å². The molecule has 0 aromatic carbocycles. The molecular weight excluding hydrogens is 296 g/mol. The first-order valence-corrected chi connectivity index (χ1v) is 8.38. The van der Waals surface area contributed by atoms with Gasteiger partial charge >= 0.3 is 0 Å². The molecule has 0 bridgehead atoms. The largest absolute Gasteiger partial charge is 0.392 e. The molecule has 7 heteroatoms. The number of hydrogen-bond acceptors (Lipinski definition) is 5. The third-order valence-corrected chi connectivity index (χ3v) is 5.07. The van der Waals surface area contributed by atoms with E-state index in [1.165, 1.54) is 0 Å². The highest BCUT2D eigenvalue weighted by Crippen LogP contribution is 2.26. The molecule has 2 N–H and O–H groups in total. The summed E-state index contributed by atoms with van der Waals surface area (Å²) < 4.78 is 1.92. The number of fused-ring (bicyclic) bond motifs is 1. The number of carbonyl (C=O) groups is 1. The first-order chi connectivity index (χ1) is 11.0. The van der Waals surface area contributed by atoms with Gasteiger partial charge in [0, 0.05) is 50.4 Å². The summed E-state index contributed by atoms with van der Waals surface area (Å²) in [5.41, 5.74) is 2.77. The first-order valence-electron chi connectivity index (χ1n) is 8.38. The van der Waals surface area contributed by atoms with Gasteiger partial charge in [-0.15, -0.1) is 0 Å². The maximum Gasteiger partial charge on any atom is 0.229 e. The van der Waals surface area contributed by atoms with Gasteiger partial charge in [0.1, 0.15) is 0 Å². The van der Waals surface area contributed by atoms with Crippen LogP contribution in [0, 0.1) is 5.92 Å². The van der Waals surface area contributed by atoms with Crippen molar-refractivity contribution in [2.75, 3.05) is 26.7 Å². The molecule has 2 aliphatic heterocycles. The third kappa shape index (κ3) is 3.00. The Hall–Kier alpha value is -1.44. The zero-order chi connectivity index (χ0) is 16.6. The molecule has 0 unspecified atom stereocenters. The number of aromatic nitrogens is 2. The average Bonchev–Trinajstić information content (AvgIpc) is 2.93. The lowest BCUT2D eigenvalue weighted by atomic mass is 9.92. The number of rotatable bonds is 3.